The van der Waals surface area contributed by atoms with Gasteiger partial charge in [-0.3, -0.25) is 0 Å². The van der Waals surface area contributed by atoms with E-state index in [1.165, 1.54) is 83.0 Å². The fraction of sp³-hybridized carbons (Fsp3) is 1.00. The molecule has 0 spiro atoms. The van der Waals surface area contributed by atoms with Crippen molar-refractivity contribution in [2.45, 2.75) is 159 Å². The average molecular weight is 687 g/mol. The SMILES string of the molecule is COC(CCN1CCC[Si](C)(C)OC(CCCCCCC(C)C2CN(CCC(OC)[Si](C)C)CCC[Si](C)(C)O2)C1)[Si](C)C. The topological polar surface area (TPSA) is 43.4 Å². The number of ether oxygens (including phenoxy) is 2. The van der Waals surface area contributed by atoms with Gasteiger partial charge in [0.1, 0.15) is 0 Å². The summed E-state index contributed by atoms with van der Waals surface area (Å²) >= 11 is 0. The summed E-state index contributed by atoms with van der Waals surface area (Å²) in [5.74, 6) is 0.621. The molecule has 2 aliphatic heterocycles. The van der Waals surface area contributed by atoms with Gasteiger partial charge in [-0.2, -0.15) is 0 Å². The van der Waals surface area contributed by atoms with Crippen molar-refractivity contribution in [1.82, 2.24) is 9.80 Å². The van der Waals surface area contributed by atoms with Crippen LogP contribution in [0.2, 0.25) is 64.5 Å². The molecule has 0 aromatic heterocycles. The first-order chi connectivity index (χ1) is 20.7. The van der Waals surface area contributed by atoms with Gasteiger partial charge in [0.25, 0.3) is 0 Å². The minimum Gasteiger partial charge on any atom is -0.413 e. The first-order valence-corrected chi connectivity index (χ1v) is 29.6. The molecule has 2 radical (unpaired) electrons. The highest BCUT2D eigenvalue weighted by Gasteiger charge is 2.33. The summed E-state index contributed by atoms with van der Waals surface area (Å²) in [7, 11) is -0.193. The molecule has 10 heteroatoms. The van der Waals surface area contributed by atoms with Crippen molar-refractivity contribution in [1.29, 1.82) is 0 Å². The van der Waals surface area contributed by atoms with Crippen LogP contribution in [0.5, 0.6) is 0 Å². The third kappa shape index (κ3) is 16.2. The maximum atomic E-state index is 6.96. The van der Waals surface area contributed by atoms with Gasteiger partial charge in [-0.05, 0) is 95.8 Å². The quantitative estimate of drug-likeness (QED) is 0.108. The Morgan fingerprint density at radius 1 is 0.705 bits per heavy atom. The van der Waals surface area contributed by atoms with Gasteiger partial charge < -0.3 is 28.1 Å². The summed E-state index contributed by atoms with van der Waals surface area (Å²) in [6, 6.07) is 2.57. The zero-order valence-electron chi connectivity index (χ0n) is 31.1. The summed E-state index contributed by atoms with van der Waals surface area (Å²) < 4.78 is 25.5. The lowest BCUT2D eigenvalue weighted by molar-refractivity contribution is 0.0625. The molecule has 2 saturated heterocycles. The molecule has 6 nitrogen and oxygen atoms in total. The molecule has 2 aliphatic rings. The lowest BCUT2D eigenvalue weighted by Gasteiger charge is -2.39. The molecule has 2 heterocycles. The van der Waals surface area contributed by atoms with Crippen LogP contribution in [0, 0.1) is 5.92 Å². The fourth-order valence-corrected chi connectivity index (χ4v) is 14.2. The van der Waals surface area contributed by atoms with Crippen LogP contribution >= 0.6 is 0 Å². The lowest BCUT2D eigenvalue weighted by atomic mass is 9.96. The first-order valence-electron chi connectivity index (χ1n) is 18.2. The van der Waals surface area contributed by atoms with E-state index in [1.54, 1.807) is 0 Å². The van der Waals surface area contributed by atoms with Crippen molar-refractivity contribution in [3.05, 3.63) is 0 Å². The van der Waals surface area contributed by atoms with Crippen LogP contribution < -0.4 is 0 Å². The second kappa shape index (κ2) is 20.9. The van der Waals surface area contributed by atoms with Gasteiger partial charge in [0.15, 0.2) is 16.6 Å². The Morgan fingerprint density at radius 2 is 1.20 bits per heavy atom. The third-order valence-corrected chi connectivity index (χ3v) is 18.9. The Kier molecular flexibility index (Phi) is 19.4. The van der Waals surface area contributed by atoms with Crippen molar-refractivity contribution in [3.8, 4) is 0 Å². The lowest BCUT2D eigenvalue weighted by Crippen LogP contribution is -2.48. The third-order valence-electron chi connectivity index (χ3n) is 10.2. The molecular weight excluding hydrogens is 613 g/mol. The molecule has 2 fully saturated rings. The monoisotopic (exact) mass is 686 g/mol. The molecule has 0 N–H and O–H groups in total. The van der Waals surface area contributed by atoms with Crippen LogP contribution in [0.25, 0.3) is 0 Å². The summed E-state index contributed by atoms with van der Waals surface area (Å²) in [4.78, 5) is 5.39. The highest BCUT2D eigenvalue weighted by Crippen LogP contribution is 2.28. The summed E-state index contributed by atoms with van der Waals surface area (Å²) in [5.41, 5.74) is 0.905. The largest absolute Gasteiger partial charge is 0.413 e. The van der Waals surface area contributed by atoms with Gasteiger partial charge in [-0.15, -0.1) is 0 Å². The van der Waals surface area contributed by atoms with Crippen molar-refractivity contribution < 1.29 is 18.3 Å². The van der Waals surface area contributed by atoms with Gasteiger partial charge in [0.05, 0.1) is 29.8 Å². The molecule has 0 amide bonds. The Hall–Kier alpha value is 0.628. The van der Waals surface area contributed by atoms with E-state index < -0.39 is 34.2 Å². The zero-order chi connectivity index (χ0) is 32.8. The molecule has 0 aromatic rings. The predicted octanol–water partition coefficient (Wildman–Crippen LogP) is 7.95. The molecule has 5 atom stereocenters. The number of unbranched alkanes of at least 4 members (excludes halogenated alkanes) is 3. The maximum absolute atomic E-state index is 6.96. The number of hydrogen-bond donors (Lipinski definition) is 0. The second-order valence-corrected chi connectivity index (χ2v) is 30.0. The number of hydrogen-bond acceptors (Lipinski definition) is 6. The van der Waals surface area contributed by atoms with Gasteiger partial charge in [-0.1, -0.05) is 58.8 Å². The highest BCUT2D eigenvalue weighted by molar-refractivity contribution is 6.71. The first kappa shape index (κ1) is 40.8. The average Bonchev–Trinajstić information content (AvgIpc) is 2.91. The van der Waals surface area contributed by atoms with Gasteiger partial charge >= 0.3 is 0 Å². The summed E-state index contributed by atoms with van der Waals surface area (Å²) in [6.07, 6.45) is 13.4. The van der Waals surface area contributed by atoms with Crippen molar-refractivity contribution >= 4 is 34.2 Å². The van der Waals surface area contributed by atoms with E-state index >= 15 is 0 Å². The molecule has 0 bridgehead atoms. The number of rotatable bonds is 18. The Bertz CT molecular complexity index is 761. The van der Waals surface area contributed by atoms with Crippen LogP contribution in [0.3, 0.4) is 0 Å². The van der Waals surface area contributed by atoms with Crippen LogP contribution in [0.15, 0.2) is 0 Å². The summed E-state index contributed by atoms with van der Waals surface area (Å²) in [6.45, 7) is 28.7. The smallest absolute Gasteiger partial charge is 0.187 e. The molecular formula is C34H74N2O4Si4. The molecule has 0 saturated carbocycles. The van der Waals surface area contributed by atoms with Crippen LogP contribution in [0.4, 0.5) is 0 Å². The standard InChI is InChI=1S/C34H74N2O4Si4/c1-30(32-29-36(23-17-27-44(10,11)40-32)25-21-34(38-3)42(6)7)18-14-12-13-15-19-31-28-35(22-16-26-43(8,9)39-31)24-20-33(37-2)41(4)5/h30-34H,12-29H2,1-11H3. The summed E-state index contributed by atoms with van der Waals surface area (Å²) in [5, 5.41) is 0. The predicted molar refractivity (Wildman–Crippen MR) is 199 cm³/mol. The molecule has 5 unspecified atom stereocenters. The highest BCUT2D eigenvalue weighted by atomic mass is 28.4. The molecule has 0 aliphatic carbocycles. The van der Waals surface area contributed by atoms with E-state index in [2.05, 4.69) is 69.1 Å². The zero-order valence-corrected chi connectivity index (χ0v) is 35.1. The number of methoxy groups -OCH3 is 2. The van der Waals surface area contributed by atoms with Crippen LogP contribution in [-0.4, -0.2) is 121 Å². The van der Waals surface area contributed by atoms with E-state index in [4.69, 9.17) is 18.3 Å². The van der Waals surface area contributed by atoms with Gasteiger partial charge in [0.2, 0.25) is 0 Å². The second-order valence-electron chi connectivity index (χ2n) is 15.9. The molecule has 44 heavy (non-hydrogen) atoms. The van der Waals surface area contributed by atoms with Crippen molar-refractivity contribution in [2.24, 2.45) is 5.92 Å². The van der Waals surface area contributed by atoms with Gasteiger partial charge in [0, 0.05) is 51.9 Å². The minimum absolute atomic E-state index is 0.378. The normalized spacial score (nSPS) is 26.1. The van der Waals surface area contributed by atoms with E-state index in [9.17, 15) is 0 Å². The Balaban J connectivity index is 1.80. The Labute approximate surface area is 280 Å². The van der Waals surface area contributed by atoms with Crippen LogP contribution in [0.1, 0.15) is 71.1 Å². The van der Waals surface area contributed by atoms with Crippen molar-refractivity contribution in [3.63, 3.8) is 0 Å². The van der Waals surface area contributed by atoms with E-state index in [0.717, 1.165) is 32.6 Å². The molecule has 260 valence electrons. The van der Waals surface area contributed by atoms with Crippen LogP contribution in [-0.2, 0) is 18.3 Å². The van der Waals surface area contributed by atoms with E-state index in [1.807, 2.05) is 14.2 Å². The maximum Gasteiger partial charge on any atom is 0.187 e. The van der Waals surface area contributed by atoms with E-state index in [0.29, 0.717) is 29.6 Å². The van der Waals surface area contributed by atoms with Crippen molar-refractivity contribution in [2.75, 3.05) is 53.5 Å². The minimum atomic E-state index is -1.59. The number of nitrogens with zero attached hydrogens (tertiary/aromatic N) is 2. The van der Waals surface area contributed by atoms with Gasteiger partial charge in [-0.25, -0.2) is 0 Å². The fourth-order valence-electron chi connectivity index (χ4n) is 7.35. The molecule has 0 aromatic carbocycles. The Morgan fingerprint density at radius 3 is 1.73 bits per heavy atom. The molecule has 2 rings (SSSR count). The van der Waals surface area contributed by atoms with E-state index in [-0.39, 0.29) is 0 Å².